The van der Waals surface area contributed by atoms with E-state index < -0.39 is 0 Å². The van der Waals surface area contributed by atoms with Crippen molar-refractivity contribution < 1.29 is 9.53 Å². The van der Waals surface area contributed by atoms with Gasteiger partial charge in [0, 0.05) is 6.54 Å². The number of rotatable bonds is 6. The van der Waals surface area contributed by atoms with E-state index in [2.05, 4.69) is 5.32 Å². The average molecular weight is 222 g/mol. The fourth-order valence-corrected chi connectivity index (χ4v) is 1.09. The Morgan fingerprint density at radius 1 is 1.44 bits per heavy atom. The minimum Gasteiger partial charge on any atom is -0.484 e. The summed E-state index contributed by atoms with van der Waals surface area (Å²) in [5, 5.41) is 2.76. The molecule has 0 aliphatic carbocycles. The number of para-hydroxylation sites is 1. The third-order valence-corrected chi connectivity index (χ3v) is 2.16. The van der Waals surface area contributed by atoms with Gasteiger partial charge in [-0.1, -0.05) is 25.1 Å². The fraction of sp³-hybridized carbons (Fsp3) is 0.417. The zero-order chi connectivity index (χ0) is 11.8. The van der Waals surface area contributed by atoms with Gasteiger partial charge in [0.15, 0.2) is 6.61 Å². The second-order valence-corrected chi connectivity index (χ2v) is 3.75. The van der Waals surface area contributed by atoms with E-state index in [0.29, 0.717) is 24.8 Å². The molecule has 1 aromatic rings. The van der Waals surface area contributed by atoms with Gasteiger partial charge in [0.05, 0.1) is 0 Å². The normalized spacial score (nSPS) is 11.9. The van der Waals surface area contributed by atoms with Gasteiger partial charge in [-0.05, 0) is 24.6 Å². The van der Waals surface area contributed by atoms with Crippen LogP contribution in [0, 0.1) is 5.92 Å². The molecule has 16 heavy (non-hydrogen) atoms. The van der Waals surface area contributed by atoms with Gasteiger partial charge in [-0.3, -0.25) is 4.79 Å². The zero-order valence-corrected chi connectivity index (χ0v) is 9.48. The highest BCUT2D eigenvalue weighted by Crippen LogP contribution is 2.07. The first kappa shape index (κ1) is 12.5. The smallest absolute Gasteiger partial charge is 0.257 e. The van der Waals surface area contributed by atoms with Gasteiger partial charge in [-0.25, -0.2) is 0 Å². The number of hydrogen-bond acceptors (Lipinski definition) is 3. The predicted octanol–water partition coefficient (Wildman–Crippen LogP) is 0.776. The number of benzene rings is 1. The largest absolute Gasteiger partial charge is 0.484 e. The number of carbonyl (C=O) groups is 1. The Morgan fingerprint density at radius 3 is 2.75 bits per heavy atom. The molecule has 0 aromatic heterocycles. The van der Waals surface area contributed by atoms with Gasteiger partial charge < -0.3 is 15.8 Å². The van der Waals surface area contributed by atoms with Crippen LogP contribution in [0.1, 0.15) is 6.92 Å². The lowest BCUT2D eigenvalue weighted by atomic mass is 10.2. The Bertz CT molecular complexity index is 314. The highest BCUT2D eigenvalue weighted by Gasteiger charge is 2.04. The van der Waals surface area contributed by atoms with Crippen molar-refractivity contribution >= 4 is 5.91 Å². The average Bonchev–Trinajstić information content (AvgIpc) is 2.34. The van der Waals surface area contributed by atoms with Gasteiger partial charge in [-0.15, -0.1) is 0 Å². The molecule has 0 fully saturated rings. The van der Waals surface area contributed by atoms with E-state index in [1.54, 1.807) is 0 Å². The Morgan fingerprint density at radius 2 is 2.12 bits per heavy atom. The monoisotopic (exact) mass is 222 g/mol. The van der Waals surface area contributed by atoms with E-state index in [0.717, 1.165) is 0 Å². The molecule has 0 spiro atoms. The summed E-state index contributed by atoms with van der Waals surface area (Å²) in [6.07, 6.45) is 0. The maximum Gasteiger partial charge on any atom is 0.257 e. The van der Waals surface area contributed by atoms with Crippen molar-refractivity contribution in [2.24, 2.45) is 11.7 Å². The Hall–Kier alpha value is -1.55. The summed E-state index contributed by atoms with van der Waals surface area (Å²) < 4.78 is 5.29. The molecule has 3 N–H and O–H groups in total. The van der Waals surface area contributed by atoms with Crippen LogP contribution in [0.25, 0.3) is 0 Å². The van der Waals surface area contributed by atoms with Crippen LogP contribution < -0.4 is 15.8 Å². The summed E-state index contributed by atoms with van der Waals surface area (Å²) in [5.41, 5.74) is 5.44. The van der Waals surface area contributed by atoms with Crippen LogP contribution in [0.5, 0.6) is 5.75 Å². The van der Waals surface area contributed by atoms with E-state index in [9.17, 15) is 4.79 Å². The van der Waals surface area contributed by atoms with Crippen molar-refractivity contribution in [2.45, 2.75) is 6.92 Å². The van der Waals surface area contributed by atoms with Gasteiger partial charge >= 0.3 is 0 Å². The summed E-state index contributed by atoms with van der Waals surface area (Å²) in [5.74, 6) is 0.870. The summed E-state index contributed by atoms with van der Waals surface area (Å²) >= 11 is 0. The molecule has 0 aliphatic rings. The van der Waals surface area contributed by atoms with Crippen LogP contribution >= 0.6 is 0 Å². The van der Waals surface area contributed by atoms with E-state index in [1.165, 1.54) is 0 Å². The first-order valence-corrected chi connectivity index (χ1v) is 5.37. The van der Waals surface area contributed by atoms with Crippen molar-refractivity contribution in [1.29, 1.82) is 0 Å². The molecule has 1 rings (SSSR count). The molecule has 1 aromatic carbocycles. The molecule has 4 heteroatoms. The van der Waals surface area contributed by atoms with Gasteiger partial charge in [-0.2, -0.15) is 0 Å². The van der Waals surface area contributed by atoms with Crippen LogP contribution in [0.15, 0.2) is 30.3 Å². The quantitative estimate of drug-likeness (QED) is 0.747. The first-order chi connectivity index (χ1) is 7.72. The van der Waals surface area contributed by atoms with Crippen molar-refractivity contribution in [3.8, 4) is 5.75 Å². The molecule has 1 amide bonds. The lowest BCUT2D eigenvalue weighted by molar-refractivity contribution is -0.123. The lowest BCUT2D eigenvalue weighted by Gasteiger charge is -2.10. The predicted molar refractivity (Wildman–Crippen MR) is 63.2 cm³/mol. The van der Waals surface area contributed by atoms with Crippen LogP contribution in [-0.4, -0.2) is 25.6 Å². The van der Waals surface area contributed by atoms with E-state index in [-0.39, 0.29) is 12.5 Å². The van der Waals surface area contributed by atoms with Crippen LogP contribution in [-0.2, 0) is 4.79 Å². The summed E-state index contributed by atoms with van der Waals surface area (Å²) in [4.78, 5) is 11.4. The SMILES string of the molecule is CC(CN)CNC(=O)COc1ccccc1. The number of nitrogens with one attached hydrogen (secondary N) is 1. The topological polar surface area (TPSA) is 64.3 Å². The van der Waals surface area contributed by atoms with Crippen LogP contribution in [0.3, 0.4) is 0 Å². The van der Waals surface area contributed by atoms with Gasteiger partial charge in [0.25, 0.3) is 5.91 Å². The van der Waals surface area contributed by atoms with E-state index in [4.69, 9.17) is 10.5 Å². The molecule has 4 nitrogen and oxygen atoms in total. The molecule has 0 bridgehead atoms. The highest BCUT2D eigenvalue weighted by molar-refractivity contribution is 5.77. The standard InChI is InChI=1S/C12H18N2O2/c1-10(7-13)8-14-12(15)9-16-11-5-3-2-4-6-11/h2-6,10H,7-9,13H2,1H3,(H,14,15). The Labute approximate surface area is 95.8 Å². The summed E-state index contributed by atoms with van der Waals surface area (Å²) in [6.45, 7) is 3.19. The van der Waals surface area contributed by atoms with Crippen molar-refractivity contribution in [1.82, 2.24) is 5.32 Å². The fourth-order valence-electron chi connectivity index (χ4n) is 1.09. The third-order valence-electron chi connectivity index (χ3n) is 2.16. The summed E-state index contributed by atoms with van der Waals surface area (Å²) in [7, 11) is 0. The molecular weight excluding hydrogens is 204 g/mol. The molecule has 0 saturated carbocycles. The number of amides is 1. The van der Waals surface area contributed by atoms with E-state index in [1.807, 2.05) is 37.3 Å². The number of nitrogens with two attached hydrogens (primary N) is 1. The van der Waals surface area contributed by atoms with E-state index >= 15 is 0 Å². The van der Waals surface area contributed by atoms with Crippen molar-refractivity contribution in [2.75, 3.05) is 19.7 Å². The van der Waals surface area contributed by atoms with Crippen LogP contribution in [0.2, 0.25) is 0 Å². The third kappa shape index (κ3) is 4.79. The maximum absolute atomic E-state index is 11.4. The zero-order valence-electron chi connectivity index (χ0n) is 9.48. The molecule has 0 saturated heterocycles. The minimum atomic E-state index is -0.121. The maximum atomic E-state index is 11.4. The molecule has 0 radical (unpaired) electrons. The lowest BCUT2D eigenvalue weighted by Crippen LogP contribution is -2.34. The molecule has 88 valence electrons. The number of ether oxygens (including phenoxy) is 1. The minimum absolute atomic E-state index is 0.0430. The molecule has 1 atom stereocenters. The first-order valence-electron chi connectivity index (χ1n) is 5.37. The van der Waals surface area contributed by atoms with Crippen molar-refractivity contribution in [3.63, 3.8) is 0 Å². The molecule has 0 aliphatic heterocycles. The molecular formula is C12H18N2O2. The molecule has 1 unspecified atom stereocenters. The second-order valence-electron chi connectivity index (χ2n) is 3.75. The Balaban J connectivity index is 2.20. The molecule has 0 heterocycles. The van der Waals surface area contributed by atoms with Gasteiger partial charge in [0.1, 0.15) is 5.75 Å². The second kappa shape index (κ2) is 6.85. The number of hydrogen-bond donors (Lipinski definition) is 2. The van der Waals surface area contributed by atoms with Crippen LogP contribution in [0.4, 0.5) is 0 Å². The number of carbonyl (C=O) groups excluding carboxylic acids is 1. The highest BCUT2D eigenvalue weighted by atomic mass is 16.5. The summed E-state index contributed by atoms with van der Waals surface area (Å²) in [6, 6.07) is 9.26. The van der Waals surface area contributed by atoms with Gasteiger partial charge in [0.2, 0.25) is 0 Å². The Kier molecular flexibility index (Phi) is 5.36. The van der Waals surface area contributed by atoms with Crippen molar-refractivity contribution in [3.05, 3.63) is 30.3 Å².